The number of pyridine rings is 1. The van der Waals surface area contributed by atoms with Gasteiger partial charge in [0.15, 0.2) is 0 Å². The van der Waals surface area contributed by atoms with E-state index in [9.17, 15) is 5.11 Å². The summed E-state index contributed by atoms with van der Waals surface area (Å²) < 4.78 is 0.875. The maximum absolute atomic E-state index is 9.17. The third-order valence-corrected chi connectivity index (χ3v) is 2.50. The SMILES string of the molecule is Nc1ncc(Br)cc1-c1ccc(O)cc1. The number of aromatic hydroxyl groups is 1. The molecule has 0 aliphatic carbocycles. The number of benzene rings is 1. The molecular formula is C11H9BrN2O. The summed E-state index contributed by atoms with van der Waals surface area (Å²) in [6.45, 7) is 0. The van der Waals surface area contributed by atoms with E-state index >= 15 is 0 Å². The first-order valence-electron chi connectivity index (χ1n) is 4.37. The molecule has 0 amide bonds. The molecule has 2 aromatic rings. The van der Waals surface area contributed by atoms with Gasteiger partial charge >= 0.3 is 0 Å². The van der Waals surface area contributed by atoms with Gasteiger partial charge in [0.05, 0.1) is 0 Å². The number of aromatic nitrogens is 1. The van der Waals surface area contributed by atoms with Gasteiger partial charge in [-0.05, 0) is 39.7 Å². The van der Waals surface area contributed by atoms with Crippen molar-refractivity contribution >= 4 is 21.7 Å². The molecule has 0 bridgehead atoms. The lowest BCUT2D eigenvalue weighted by Crippen LogP contribution is -1.93. The average Bonchev–Trinajstić information content (AvgIpc) is 2.23. The minimum absolute atomic E-state index is 0.236. The molecule has 2 rings (SSSR count). The number of hydrogen-bond donors (Lipinski definition) is 2. The van der Waals surface area contributed by atoms with E-state index in [1.165, 1.54) is 0 Å². The Bertz CT molecular complexity index is 482. The molecule has 1 heterocycles. The standard InChI is InChI=1S/C11H9BrN2O/c12-8-5-10(11(13)14-6-8)7-1-3-9(15)4-2-7/h1-6,15H,(H2,13,14). The van der Waals surface area contributed by atoms with Crippen LogP contribution in [0.1, 0.15) is 0 Å². The fraction of sp³-hybridized carbons (Fsp3) is 0. The van der Waals surface area contributed by atoms with Gasteiger partial charge < -0.3 is 10.8 Å². The van der Waals surface area contributed by atoms with Crippen LogP contribution in [-0.4, -0.2) is 10.1 Å². The summed E-state index contributed by atoms with van der Waals surface area (Å²) in [6, 6.07) is 8.74. The van der Waals surface area contributed by atoms with Crippen LogP contribution < -0.4 is 5.73 Å². The summed E-state index contributed by atoms with van der Waals surface area (Å²) in [7, 11) is 0. The Kier molecular flexibility index (Phi) is 2.60. The van der Waals surface area contributed by atoms with Crippen molar-refractivity contribution < 1.29 is 5.11 Å². The number of halogens is 1. The molecule has 4 heteroatoms. The molecule has 0 fully saturated rings. The lowest BCUT2D eigenvalue weighted by molar-refractivity contribution is 0.475. The quantitative estimate of drug-likeness (QED) is 0.833. The van der Waals surface area contributed by atoms with Crippen molar-refractivity contribution in [2.75, 3.05) is 5.73 Å². The van der Waals surface area contributed by atoms with Crippen molar-refractivity contribution in [2.24, 2.45) is 0 Å². The number of hydrogen-bond acceptors (Lipinski definition) is 3. The maximum Gasteiger partial charge on any atom is 0.131 e. The topological polar surface area (TPSA) is 59.1 Å². The van der Waals surface area contributed by atoms with E-state index in [2.05, 4.69) is 20.9 Å². The monoisotopic (exact) mass is 264 g/mol. The number of phenolic OH excluding ortho intramolecular Hbond substituents is 1. The molecule has 76 valence electrons. The molecule has 0 atom stereocenters. The molecule has 0 saturated carbocycles. The van der Waals surface area contributed by atoms with Crippen molar-refractivity contribution in [3.63, 3.8) is 0 Å². The maximum atomic E-state index is 9.17. The van der Waals surface area contributed by atoms with Crippen molar-refractivity contribution in [3.8, 4) is 16.9 Å². The van der Waals surface area contributed by atoms with E-state index < -0.39 is 0 Å². The van der Waals surface area contributed by atoms with Gasteiger partial charge in [-0.15, -0.1) is 0 Å². The van der Waals surface area contributed by atoms with Gasteiger partial charge in [-0.2, -0.15) is 0 Å². The summed E-state index contributed by atoms with van der Waals surface area (Å²) in [5.41, 5.74) is 7.55. The minimum atomic E-state index is 0.236. The van der Waals surface area contributed by atoms with Gasteiger partial charge in [0.2, 0.25) is 0 Å². The average molecular weight is 265 g/mol. The number of rotatable bonds is 1. The Hall–Kier alpha value is -1.55. The fourth-order valence-electron chi connectivity index (χ4n) is 1.32. The Morgan fingerprint density at radius 2 is 1.87 bits per heavy atom. The van der Waals surface area contributed by atoms with Crippen molar-refractivity contribution in [1.29, 1.82) is 0 Å². The molecule has 1 aromatic carbocycles. The highest BCUT2D eigenvalue weighted by Crippen LogP contribution is 2.28. The lowest BCUT2D eigenvalue weighted by atomic mass is 10.1. The summed E-state index contributed by atoms with van der Waals surface area (Å²) in [6.07, 6.45) is 1.65. The normalized spacial score (nSPS) is 10.2. The first kappa shape index (κ1) is 9.98. The zero-order chi connectivity index (χ0) is 10.8. The predicted molar refractivity (Wildman–Crippen MR) is 63.5 cm³/mol. The Morgan fingerprint density at radius 3 is 2.53 bits per heavy atom. The van der Waals surface area contributed by atoms with E-state index in [4.69, 9.17) is 5.73 Å². The van der Waals surface area contributed by atoms with Gasteiger partial charge in [-0.1, -0.05) is 12.1 Å². The number of phenols is 1. The van der Waals surface area contributed by atoms with Crippen LogP contribution in [0.3, 0.4) is 0 Å². The number of anilines is 1. The van der Waals surface area contributed by atoms with Gasteiger partial charge in [0.1, 0.15) is 11.6 Å². The second-order valence-electron chi connectivity index (χ2n) is 3.13. The van der Waals surface area contributed by atoms with Crippen LogP contribution in [0.5, 0.6) is 5.75 Å². The van der Waals surface area contributed by atoms with E-state index in [0.717, 1.165) is 15.6 Å². The van der Waals surface area contributed by atoms with Gasteiger partial charge in [0.25, 0.3) is 0 Å². The number of nitrogens with zero attached hydrogens (tertiary/aromatic N) is 1. The van der Waals surface area contributed by atoms with E-state index in [1.54, 1.807) is 30.5 Å². The molecule has 3 nitrogen and oxygen atoms in total. The highest BCUT2D eigenvalue weighted by atomic mass is 79.9. The van der Waals surface area contributed by atoms with Crippen molar-refractivity contribution in [1.82, 2.24) is 4.98 Å². The summed E-state index contributed by atoms with van der Waals surface area (Å²) >= 11 is 3.34. The molecule has 1 aromatic heterocycles. The molecule has 3 N–H and O–H groups in total. The molecule has 0 saturated heterocycles. The molecule has 0 spiro atoms. The first-order chi connectivity index (χ1) is 7.16. The number of nitrogen functional groups attached to an aromatic ring is 1. The third-order valence-electron chi connectivity index (χ3n) is 2.06. The Balaban J connectivity index is 2.53. The van der Waals surface area contributed by atoms with Gasteiger partial charge in [0, 0.05) is 16.2 Å². The van der Waals surface area contributed by atoms with Crippen LogP contribution in [0.4, 0.5) is 5.82 Å². The highest BCUT2D eigenvalue weighted by Gasteiger charge is 2.04. The van der Waals surface area contributed by atoms with Crippen LogP contribution in [0, 0.1) is 0 Å². The van der Waals surface area contributed by atoms with Crippen molar-refractivity contribution in [2.45, 2.75) is 0 Å². The summed E-state index contributed by atoms with van der Waals surface area (Å²) in [4.78, 5) is 4.05. The minimum Gasteiger partial charge on any atom is -0.508 e. The zero-order valence-electron chi connectivity index (χ0n) is 7.81. The Labute approximate surface area is 95.7 Å². The first-order valence-corrected chi connectivity index (χ1v) is 5.16. The fourth-order valence-corrected chi connectivity index (χ4v) is 1.65. The summed E-state index contributed by atoms with van der Waals surface area (Å²) in [5, 5.41) is 9.17. The van der Waals surface area contributed by atoms with Crippen LogP contribution in [0.25, 0.3) is 11.1 Å². The van der Waals surface area contributed by atoms with Gasteiger partial charge in [-0.25, -0.2) is 4.98 Å². The van der Waals surface area contributed by atoms with Crippen LogP contribution in [-0.2, 0) is 0 Å². The second-order valence-corrected chi connectivity index (χ2v) is 4.05. The smallest absolute Gasteiger partial charge is 0.131 e. The third kappa shape index (κ3) is 2.10. The van der Waals surface area contributed by atoms with Crippen molar-refractivity contribution in [3.05, 3.63) is 41.0 Å². The van der Waals surface area contributed by atoms with E-state index in [-0.39, 0.29) is 5.75 Å². The van der Waals surface area contributed by atoms with Crippen LogP contribution in [0.2, 0.25) is 0 Å². The highest BCUT2D eigenvalue weighted by molar-refractivity contribution is 9.10. The number of nitrogens with two attached hydrogens (primary N) is 1. The summed E-state index contributed by atoms with van der Waals surface area (Å²) in [5.74, 6) is 0.712. The molecule has 0 aliphatic rings. The van der Waals surface area contributed by atoms with Crippen LogP contribution in [0.15, 0.2) is 41.0 Å². The second kappa shape index (κ2) is 3.90. The van der Waals surface area contributed by atoms with Gasteiger partial charge in [-0.3, -0.25) is 0 Å². The van der Waals surface area contributed by atoms with Crippen LogP contribution >= 0.6 is 15.9 Å². The predicted octanol–water partition coefficient (Wildman–Crippen LogP) is 2.80. The molecule has 0 unspecified atom stereocenters. The lowest BCUT2D eigenvalue weighted by Gasteiger charge is -2.05. The zero-order valence-corrected chi connectivity index (χ0v) is 9.40. The molecule has 0 radical (unpaired) electrons. The molecular weight excluding hydrogens is 256 g/mol. The molecule has 15 heavy (non-hydrogen) atoms. The van der Waals surface area contributed by atoms with E-state index in [0.29, 0.717) is 5.82 Å². The molecule has 0 aliphatic heterocycles. The van der Waals surface area contributed by atoms with E-state index in [1.807, 2.05) is 6.07 Å². The largest absolute Gasteiger partial charge is 0.508 e. The Morgan fingerprint density at radius 1 is 1.20 bits per heavy atom.